The van der Waals surface area contributed by atoms with Gasteiger partial charge in [-0.05, 0) is 6.42 Å². The van der Waals surface area contributed by atoms with E-state index in [9.17, 15) is 4.79 Å². The Bertz CT molecular complexity index is 360. The monoisotopic (exact) mass is 222 g/mol. The molecule has 0 radical (unpaired) electrons. The summed E-state index contributed by atoms with van der Waals surface area (Å²) in [4.78, 5) is 22.9. The maximum Gasteiger partial charge on any atom is 0.271 e. The molecule has 0 saturated carbocycles. The van der Waals surface area contributed by atoms with Crippen molar-refractivity contribution in [2.24, 2.45) is 16.5 Å². The summed E-state index contributed by atoms with van der Waals surface area (Å²) in [5.74, 6) is -0.196. The second-order valence-corrected chi connectivity index (χ2v) is 3.01. The van der Waals surface area contributed by atoms with Gasteiger partial charge in [-0.3, -0.25) is 14.8 Å². The Morgan fingerprint density at radius 1 is 1.44 bits per heavy atom. The molecular formula is C9H14N6O. The van der Waals surface area contributed by atoms with Crippen LogP contribution in [-0.4, -0.2) is 34.9 Å². The number of hydrogen-bond acceptors (Lipinski definition) is 4. The molecule has 16 heavy (non-hydrogen) atoms. The third-order valence-corrected chi connectivity index (χ3v) is 1.71. The van der Waals surface area contributed by atoms with Crippen LogP contribution in [0.4, 0.5) is 0 Å². The molecule has 1 heterocycles. The topological polar surface area (TPSA) is 119 Å². The van der Waals surface area contributed by atoms with Crippen molar-refractivity contribution in [2.75, 3.05) is 13.1 Å². The molecule has 0 aliphatic rings. The van der Waals surface area contributed by atoms with Crippen molar-refractivity contribution in [1.29, 1.82) is 0 Å². The lowest BCUT2D eigenvalue weighted by molar-refractivity contribution is 0.0948. The standard InChI is InChI=1S/C9H14N6O/c10-9(11)15-3-1-2-14-8(16)7-6-12-4-5-13-7/h4-6H,1-3H2,(H,14,16)(H4,10,11,15). The van der Waals surface area contributed by atoms with Crippen molar-refractivity contribution < 1.29 is 4.79 Å². The van der Waals surface area contributed by atoms with Gasteiger partial charge in [-0.1, -0.05) is 0 Å². The molecule has 86 valence electrons. The zero-order valence-electron chi connectivity index (χ0n) is 8.76. The predicted octanol–water partition coefficient (Wildman–Crippen LogP) is -1.13. The molecular weight excluding hydrogens is 208 g/mol. The van der Waals surface area contributed by atoms with Crippen molar-refractivity contribution in [1.82, 2.24) is 15.3 Å². The summed E-state index contributed by atoms with van der Waals surface area (Å²) in [5, 5.41) is 2.68. The lowest BCUT2D eigenvalue weighted by Gasteiger charge is -2.02. The van der Waals surface area contributed by atoms with Crippen molar-refractivity contribution in [3.8, 4) is 0 Å². The molecule has 1 rings (SSSR count). The normalized spacial score (nSPS) is 9.50. The second-order valence-electron chi connectivity index (χ2n) is 3.01. The molecule has 0 fully saturated rings. The first-order valence-electron chi connectivity index (χ1n) is 4.80. The Morgan fingerprint density at radius 2 is 2.25 bits per heavy atom. The first-order chi connectivity index (χ1) is 7.70. The summed E-state index contributed by atoms with van der Waals surface area (Å²) >= 11 is 0. The van der Waals surface area contributed by atoms with Gasteiger partial charge in [0.15, 0.2) is 5.96 Å². The third kappa shape index (κ3) is 4.36. The van der Waals surface area contributed by atoms with E-state index in [1.807, 2.05) is 0 Å². The fourth-order valence-electron chi connectivity index (χ4n) is 0.996. The van der Waals surface area contributed by atoms with E-state index in [-0.39, 0.29) is 11.9 Å². The van der Waals surface area contributed by atoms with Gasteiger partial charge in [-0.25, -0.2) is 4.98 Å². The Hall–Kier alpha value is -2.18. The number of carbonyl (C=O) groups is 1. The highest BCUT2D eigenvalue weighted by Crippen LogP contribution is 1.89. The van der Waals surface area contributed by atoms with Crippen molar-refractivity contribution in [3.63, 3.8) is 0 Å². The van der Waals surface area contributed by atoms with Gasteiger partial charge < -0.3 is 16.8 Å². The smallest absolute Gasteiger partial charge is 0.271 e. The van der Waals surface area contributed by atoms with Crippen LogP contribution in [0.3, 0.4) is 0 Å². The van der Waals surface area contributed by atoms with E-state index < -0.39 is 0 Å². The zero-order chi connectivity index (χ0) is 11.8. The SMILES string of the molecule is NC(N)=NCCCNC(=O)c1cnccn1. The lowest BCUT2D eigenvalue weighted by Crippen LogP contribution is -2.27. The summed E-state index contributed by atoms with van der Waals surface area (Å²) in [5.41, 5.74) is 10.6. The van der Waals surface area contributed by atoms with E-state index >= 15 is 0 Å². The minimum atomic E-state index is -0.252. The molecule has 1 aromatic rings. The second kappa shape index (κ2) is 6.33. The highest BCUT2D eigenvalue weighted by Gasteiger charge is 2.04. The molecule has 0 unspecified atom stereocenters. The first-order valence-corrected chi connectivity index (χ1v) is 4.80. The van der Waals surface area contributed by atoms with Crippen molar-refractivity contribution in [3.05, 3.63) is 24.3 Å². The summed E-state index contributed by atoms with van der Waals surface area (Å²) in [6, 6.07) is 0. The quantitative estimate of drug-likeness (QED) is 0.331. The van der Waals surface area contributed by atoms with Gasteiger partial charge in [0.05, 0.1) is 6.20 Å². The maximum atomic E-state index is 11.4. The molecule has 0 bridgehead atoms. The molecule has 1 aromatic heterocycles. The third-order valence-electron chi connectivity index (χ3n) is 1.71. The van der Waals surface area contributed by atoms with Crippen LogP contribution in [0.5, 0.6) is 0 Å². The highest BCUT2D eigenvalue weighted by atomic mass is 16.1. The molecule has 7 nitrogen and oxygen atoms in total. The van der Waals surface area contributed by atoms with Gasteiger partial charge in [0.2, 0.25) is 0 Å². The number of guanidine groups is 1. The molecule has 0 aromatic carbocycles. The molecule has 0 spiro atoms. The van der Waals surface area contributed by atoms with E-state index in [4.69, 9.17) is 11.5 Å². The number of nitrogens with one attached hydrogen (secondary N) is 1. The molecule has 0 saturated heterocycles. The number of nitrogens with two attached hydrogens (primary N) is 2. The van der Waals surface area contributed by atoms with Crippen LogP contribution in [0, 0.1) is 0 Å². The minimum absolute atomic E-state index is 0.0558. The van der Waals surface area contributed by atoms with E-state index in [1.165, 1.54) is 18.6 Å². The van der Waals surface area contributed by atoms with E-state index in [1.54, 1.807) is 0 Å². The Kier molecular flexibility index (Phi) is 4.71. The van der Waals surface area contributed by atoms with Crippen molar-refractivity contribution in [2.45, 2.75) is 6.42 Å². The number of nitrogens with zero attached hydrogens (tertiary/aromatic N) is 3. The van der Waals surface area contributed by atoms with Crippen LogP contribution < -0.4 is 16.8 Å². The first kappa shape index (κ1) is 11.9. The number of hydrogen-bond donors (Lipinski definition) is 3. The highest BCUT2D eigenvalue weighted by molar-refractivity contribution is 5.91. The molecule has 5 N–H and O–H groups in total. The summed E-state index contributed by atoms with van der Waals surface area (Å²) in [6.45, 7) is 0.981. The van der Waals surface area contributed by atoms with Crippen LogP contribution >= 0.6 is 0 Å². The fourth-order valence-corrected chi connectivity index (χ4v) is 0.996. The van der Waals surface area contributed by atoms with Gasteiger partial charge in [0.25, 0.3) is 5.91 Å². The fraction of sp³-hybridized carbons (Fsp3) is 0.333. The number of amides is 1. The summed E-state index contributed by atoms with van der Waals surface area (Å²) in [7, 11) is 0. The maximum absolute atomic E-state index is 11.4. The molecule has 0 aliphatic heterocycles. The number of carbonyl (C=O) groups excluding carboxylic acids is 1. The van der Waals surface area contributed by atoms with E-state index in [0.717, 1.165) is 0 Å². The lowest BCUT2D eigenvalue weighted by atomic mass is 10.4. The average Bonchev–Trinajstić information content (AvgIpc) is 2.29. The summed E-state index contributed by atoms with van der Waals surface area (Å²) < 4.78 is 0. The van der Waals surface area contributed by atoms with Gasteiger partial charge in [0.1, 0.15) is 5.69 Å². The van der Waals surface area contributed by atoms with Crippen LogP contribution in [-0.2, 0) is 0 Å². The van der Waals surface area contributed by atoms with Gasteiger partial charge in [-0.15, -0.1) is 0 Å². The molecule has 1 amide bonds. The Labute approximate surface area is 93.0 Å². The molecule has 0 atom stereocenters. The van der Waals surface area contributed by atoms with Crippen LogP contribution in [0.25, 0.3) is 0 Å². The van der Waals surface area contributed by atoms with Crippen LogP contribution in [0.2, 0.25) is 0 Å². The zero-order valence-corrected chi connectivity index (χ0v) is 8.76. The number of aliphatic imine (C=N–C) groups is 1. The van der Waals surface area contributed by atoms with E-state index in [2.05, 4.69) is 20.3 Å². The minimum Gasteiger partial charge on any atom is -0.370 e. The average molecular weight is 222 g/mol. The van der Waals surface area contributed by atoms with Crippen LogP contribution in [0.1, 0.15) is 16.9 Å². The molecule has 0 aliphatic carbocycles. The van der Waals surface area contributed by atoms with Gasteiger partial charge in [-0.2, -0.15) is 0 Å². The van der Waals surface area contributed by atoms with E-state index in [0.29, 0.717) is 25.2 Å². The van der Waals surface area contributed by atoms with Gasteiger partial charge >= 0.3 is 0 Å². The molecule has 7 heteroatoms. The van der Waals surface area contributed by atoms with Gasteiger partial charge in [0, 0.05) is 25.5 Å². The number of aromatic nitrogens is 2. The number of rotatable bonds is 5. The summed E-state index contributed by atoms with van der Waals surface area (Å²) in [6.07, 6.45) is 5.05. The largest absolute Gasteiger partial charge is 0.370 e. The Balaban J connectivity index is 2.24. The van der Waals surface area contributed by atoms with Crippen LogP contribution in [0.15, 0.2) is 23.6 Å². The van der Waals surface area contributed by atoms with Crippen molar-refractivity contribution >= 4 is 11.9 Å². The Morgan fingerprint density at radius 3 is 2.88 bits per heavy atom. The predicted molar refractivity (Wildman–Crippen MR) is 59.7 cm³/mol.